The molecule has 1 aliphatic heterocycles. The van der Waals surface area contributed by atoms with Gasteiger partial charge in [-0.1, -0.05) is 0 Å². The van der Waals surface area contributed by atoms with Gasteiger partial charge in [0.25, 0.3) is 5.52 Å². The quantitative estimate of drug-likeness (QED) is 0.581. The highest BCUT2D eigenvalue weighted by Gasteiger charge is 2.27. The molecule has 0 aromatic heterocycles. The molecule has 1 fully saturated rings. The third-order valence-electron chi connectivity index (χ3n) is 1.79. The molecule has 0 unspecified atom stereocenters. The number of ether oxygens (including phenoxy) is 1. The molecule has 0 radical (unpaired) electrons. The van der Waals surface area contributed by atoms with E-state index in [1.807, 2.05) is 0 Å². The molecule has 1 rings (SSSR count). The third kappa shape index (κ3) is 3.54. The zero-order valence-electron chi connectivity index (χ0n) is 7.05. The number of nitrogens with zero attached hydrogens (tertiary/aromatic N) is 1. The van der Waals surface area contributed by atoms with Crippen LogP contribution in [-0.4, -0.2) is 53.1 Å². The first kappa shape index (κ1) is 10.8. The number of hydrogen-bond acceptors (Lipinski definition) is 4. The third-order valence-corrected chi connectivity index (χ3v) is 2.58. The zero-order chi connectivity index (χ0) is 9.90. The summed E-state index contributed by atoms with van der Waals surface area (Å²) in [5, 5.41) is 0. The van der Waals surface area contributed by atoms with Gasteiger partial charge < -0.3 is 14.5 Å². The predicted molar refractivity (Wildman–Crippen MR) is 44.3 cm³/mol. The minimum atomic E-state index is -4.54. The zero-order valence-corrected chi connectivity index (χ0v) is 7.94. The summed E-state index contributed by atoms with van der Waals surface area (Å²) in [5.74, 6) is 0. The molecule has 0 aromatic rings. The van der Waals surface area contributed by atoms with E-state index in [-0.39, 0.29) is 6.54 Å². The number of carbonyl (C=O) groups is 1. The van der Waals surface area contributed by atoms with E-state index in [1.165, 1.54) is 0 Å². The van der Waals surface area contributed by atoms with E-state index < -0.39 is 13.1 Å². The summed E-state index contributed by atoms with van der Waals surface area (Å²) in [6.07, 6.45) is 0. The molecule has 0 bridgehead atoms. The number of morpholine rings is 1. The summed E-state index contributed by atoms with van der Waals surface area (Å²) in [6, 6.07) is 0. The second-order valence-corrected chi connectivity index (χ2v) is 4.41. The molecule has 1 aliphatic rings. The molecule has 0 saturated carbocycles. The van der Waals surface area contributed by atoms with Crippen LogP contribution in [0.15, 0.2) is 0 Å². The number of rotatable bonds is 3. The van der Waals surface area contributed by atoms with Crippen molar-refractivity contribution in [3.05, 3.63) is 0 Å². The molecule has 2 N–H and O–H groups in total. The van der Waals surface area contributed by atoms with Crippen molar-refractivity contribution in [2.45, 2.75) is 0 Å². The molecule has 0 spiro atoms. The van der Waals surface area contributed by atoms with E-state index >= 15 is 0 Å². The van der Waals surface area contributed by atoms with E-state index in [1.54, 1.807) is 4.90 Å². The lowest BCUT2D eigenvalue weighted by Crippen LogP contribution is -2.39. The minimum absolute atomic E-state index is 0.187. The van der Waals surface area contributed by atoms with E-state index in [0.717, 1.165) is 0 Å². The highest BCUT2D eigenvalue weighted by molar-refractivity contribution is 7.70. The van der Waals surface area contributed by atoms with Crippen molar-refractivity contribution in [3.8, 4) is 0 Å². The predicted octanol–water partition coefficient (Wildman–Crippen LogP) is -0.977. The van der Waals surface area contributed by atoms with Crippen LogP contribution in [0.1, 0.15) is 0 Å². The van der Waals surface area contributed by atoms with Crippen LogP contribution < -0.4 is 0 Å². The second kappa shape index (κ2) is 4.30. The van der Waals surface area contributed by atoms with Crippen LogP contribution in [0.3, 0.4) is 0 Å². The molecule has 76 valence electrons. The Bertz CT molecular complexity index is 231. The first-order chi connectivity index (χ1) is 6.00. The normalized spacial score (nSPS) is 20.2. The Balaban J connectivity index is 2.39. The van der Waals surface area contributed by atoms with Gasteiger partial charge in [-0.05, 0) is 0 Å². The minimum Gasteiger partial charge on any atom is -0.379 e. The monoisotopic (exact) mass is 209 g/mol. The van der Waals surface area contributed by atoms with Crippen LogP contribution in [0, 0.1) is 0 Å². The summed E-state index contributed by atoms with van der Waals surface area (Å²) in [5.41, 5.74) is -1.02. The van der Waals surface area contributed by atoms with Gasteiger partial charge in [-0.2, -0.15) is 0 Å². The van der Waals surface area contributed by atoms with Crippen molar-refractivity contribution >= 4 is 13.1 Å². The average Bonchev–Trinajstić information content (AvgIpc) is 2.04. The highest BCUT2D eigenvalue weighted by atomic mass is 31.2. The summed E-state index contributed by atoms with van der Waals surface area (Å²) >= 11 is 0. The molecular formula is C6H12NO5P. The molecule has 7 heteroatoms. The maximum Gasteiger partial charge on any atom is 0.392 e. The first-order valence-electron chi connectivity index (χ1n) is 3.89. The topological polar surface area (TPSA) is 87.1 Å². The molecule has 0 aromatic carbocycles. The van der Waals surface area contributed by atoms with E-state index in [4.69, 9.17) is 14.5 Å². The highest BCUT2D eigenvalue weighted by Crippen LogP contribution is 2.35. The van der Waals surface area contributed by atoms with Crippen LogP contribution in [-0.2, 0) is 14.1 Å². The SMILES string of the molecule is O=C(CN1CCOCC1)P(=O)(O)O. The molecule has 0 atom stereocenters. The molecule has 6 nitrogen and oxygen atoms in total. The lowest BCUT2D eigenvalue weighted by atomic mass is 10.4. The fraction of sp³-hybridized carbons (Fsp3) is 0.833. The van der Waals surface area contributed by atoms with Gasteiger partial charge in [0.15, 0.2) is 0 Å². The van der Waals surface area contributed by atoms with Crippen LogP contribution >= 0.6 is 7.60 Å². The van der Waals surface area contributed by atoms with E-state index in [2.05, 4.69) is 0 Å². The van der Waals surface area contributed by atoms with Gasteiger partial charge in [-0.15, -0.1) is 0 Å². The van der Waals surface area contributed by atoms with Crippen molar-refractivity contribution in [1.82, 2.24) is 4.90 Å². The van der Waals surface area contributed by atoms with Crippen LogP contribution in [0.2, 0.25) is 0 Å². The van der Waals surface area contributed by atoms with E-state index in [0.29, 0.717) is 26.3 Å². The van der Waals surface area contributed by atoms with Crippen molar-refractivity contribution in [1.29, 1.82) is 0 Å². The average molecular weight is 209 g/mol. The standard InChI is InChI=1S/C6H12NO5P/c8-6(13(9,10)11)5-7-1-3-12-4-2-7/h1-5H2,(H2,9,10,11). The summed E-state index contributed by atoms with van der Waals surface area (Å²) in [4.78, 5) is 29.6. The Morgan fingerprint density at radius 2 is 1.92 bits per heavy atom. The Kier molecular flexibility index (Phi) is 3.58. The van der Waals surface area contributed by atoms with Crippen molar-refractivity contribution in [2.75, 3.05) is 32.8 Å². The Morgan fingerprint density at radius 1 is 1.38 bits per heavy atom. The van der Waals surface area contributed by atoms with Gasteiger partial charge in [0.05, 0.1) is 19.8 Å². The van der Waals surface area contributed by atoms with Gasteiger partial charge in [0, 0.05) is 13.1 Å². The molecule has 13 heavy (non-hydrogen) atoms. The Labute approximate surface area is 75.6 Å². The summed E-state index contributed by atoms with van der Waals surface area (Å²) in [6.45, 7) is 1.92. The van der Waals surface area contributed by atoms with Crippen LogP contribution in [0.4, 0.5) is 0 Å². The van der Waals surface area contributed by atoms with Crippen molar-refractivity contribution < 1.29 is 23.9 Å². The van der Waals surface area contributed by atoms with Gasteiger partial charge in [0.1, 0.15) is 0 Å². The molecule has 1 saturated heterocycles. The van der Waals surface area contributed by atoms with Gasteiger partial charge in [0.2, 0.25) is 0 Å². The lowest BCUT2D eigenvalue weighted by molar-refractivity contribution is -0.115. The fourth-order valence-electron chi connectivity index (χ4n) is 1.04. The van der Waals surface area contributed by atoms with Gasteiger partial charge >= 0.3 is 7.60 Å². The molecular weight excluding hydrogens is 197 g/mol. The Hall–Kier alpha value is -0.260. The number of carbonyl (C=O) groups excluding carboxylic acids is 1. The van der Waals surface area contributed by atoms with E-state index in [9.17, 15) is 9.36 Å². The summed E-state index contributed by atoms with van der Waals surface area (Å²) < 4.78 is 15.5. The van der Waals surface area contributed by atoms with Gasteiger partial charge in [-0.3, -0.25) is 14.3 Å². The molecule has 0 amide bonds. The lowest BCUT2D eigenvalue weighted by Gasteiger charge is -2.25. The van der Waals surface area contributed by atoms with Crippen LogP contribution in [0.25, 0.3) is 0 Å². The van der Waals surface area contributed by atoms with Gasteiger partial charge in [-0.25, -0.2) is 0 Å². The smallest absolute Gasteiger partial charge is 0.379 e. The fourth-order valence-corrected chi connectivity index (χ4v) is 1.43. The van der Waals surface area contributed by atoms with Crippen LogP contribution in [0.5, 0.6) is 0 Å². The molecule has 1 heterocycles. The largest absolute Gasteiger partial charge is 0.392 e. The second-order valence-electron chi connectivity index (χ2n) is 2.83. The first-order valence-corrected chi connectivity index (χ1v) is 5.50. The van der Waals surface area contributed by atoms with Crippen molar-refractivity contribution in [2.24, 2.45) is 0 Å². The Morgan fingerprint density at radius 3 is 2.38 bits per heavy atom. The summed E-state index contributed by atoms with van der Waals surface area (Å²) in [7, 11) is -4.54. The molecule has 0 aliphatic carbocycles. The maximum atomic E-state index is 10.9. The number of hydrogen-bond donors (Lipinski definition) is 2. The maximum absolute atomic E-state index is 10.9. The van der Waals surface area contributed by atoms with Crippen molar-refractivity contribution in [3.63, 3.8) is 0 Å².